The number of para-hydroxylation sites is 3. The number of unbranched alkanes of at least 4 members (excludes halogenated alkanes) is 1. The van der Waals surface area contributed by atoms with E-state index in [2.05, 4.69) is 24.9 Å². The predicted molar refractivity (Wildman–Crippen MR) is 150 cm³/mol. The van der Waals surface area contributed by atoms with Gasteiger partial charge in [0.1, 0.15) is 11.4 Å². The normalized spacial score (nSPS) is 12.1. The summed E-state index contributed by atoms with van der Waals surface area (Å²) in [6, 6.07) is 23.9. The minimum absolute atomic E-state index is 0.0667. The molecular formula is C30H26N4O2S. The van der Waals surface area contributed by atoms with E-state index in [-0.39, 0.29) is 5.56 Å². The maximum Gasteiger partial charge on any atom is 0.274 e. The summed E-state index contributed by atoms with van der Waals surface area (Å²) in [4.78, 5) is 18.8. The van der Waals surface area contributed by atoms with E-state index in [1.165, 1.54) is 11.3 Å². The minimum atomic E-state index is -0.0667. The van der Waals surface area contributed by atoms with Crippen LogP contribution >= 0.6 is 11.3 Å². The molecular weight excluding hydrogens is 480 g/mol. The van der Waals surface area contributed by atoms with Gasteiger partial charge in [0.2, 0.25) is 0 Å². The first-order valence-electron chi connectivity index (χ1n) is 12.4. The molecule has 7 heteroatoms. The Bertz CT molecular complexity index is 1830. The number of aryl methyl sites for hydroxylation is 1. The number of thiazole rings is 1. The highest BCUT2D eigenvalue weighted by Gasteiger charge is 2.15. The molecule has 0 N–H and O–H groups in total. The van der Waals surface area contributed by atoms with E-state index in [1.54, 1.807) is 4.40 Å². The third kappa shape index (κ3) is 4.32. The molecule has 3 heterocycles. The molecule has 0 atom stereocenters. The average Bonchev–Trinajstić information content (AvgIpc) is 3.59. The van der Waals surface area contributed by atoms with Gasteiger partial charge in [0.15, 0.2) is 4.96 Å². The molecule has 0 saturated carbocycles. The standard InChI is InChI=1S/C30H26N4O2S/c1-3-4-16-36-26-15-14-21(17-20(26)2)28-22(19-33(32-28)23-10-6-5-7-11-23)18-27-29(35)34-25-13-9-8-12-24(25)31-30(34)37-27/h5-15,17-19H,3-4,16H2,1-2H3/b27-18-. The molecule has 3 aromatic heterocycles. The van der Waals surface area contributed by atoms with Gasteiger partial charge in [-0.2, -0.15) is 5.10 Å². The lowest BCUT2D eigenvalue weighted by Crippen LogP contribution is -2.22. The molecule has 0 aliphatic rings. The monoisotopic (exact) mass is 506 g/mol. The second-order valence-corrected chi connectivity index (χ2v) is 10.0. The maximum absolute atomic E-state index is 13.4. The Morgan fingerprint density at radius 3 is 2.65 bits per heavy atom. The molecule has 0 radical (unpaired) electrons. The molecule has 6 rings (SSSR count). The average molecular weight is 507 g/mol. The lowest BCUT2D eigenvalue weighted by molar-refractivity contribution is 0.307. The smallest absolute Gasteiger partial charge is 0.274 e. The zero-order chi connectivity index (χ0) is 25.4. The van der Waals surface area contributed by atoms with Crippen LogP contribution in [0.25, 0.3) is 39.0 Å². The van der Waals surface area contributed by atoms with Crippen LogP contribution in [0.3, 0.4) is 0 Å². The fourth-order valence-electron chi connectivity index (χ4n) is 4.47. The summed E-state index contributed by atoms with van der Waals surface area (Å²) in [6.07, 6.45) is 6.03. The van der Waals surface area contributed by atoms with Gasteiger partial charge in [-0.15, -0.1) is 0 Å². The zero-order valence-corrected chi connectivity index (χ0v) is 21.5. The number of ether oxygens (including phenoxy) is 1. The molecule has 0 amide bonds. The van der Waals surface area contributed by atoms with Gasteiger partial charge in [0, 0.05) is 17.3 Å². The number of benzene rings is 3. The molecule has 0 aliphatic heterocycles. The summed E-state index contributed by atoms with van der Waals surface area (Å²) in [5, 5.41) is 4.94. The summed E-state index contributed by atoms with van der Waals surface area (Å²) in [5.41, 5.74) is 6.24. The van der Waals surface area contributed by atoms with Crippen molar-refractivity contribution in [3.8, 4) is 22.7 Å². The maximum atomic E-state index is 13.4. The molecule has 0 fully saturated rings. The van der Waals surface area contributed by atoms with Gasteiger partial charge < -0.3 is 4.74 Å². The zero-order valence-electron chi connectivity index (χ0n) is 20.7. The Kier molecular flexibility index (Phi) is 6.06. The highest BCUT2D eigenvalue weighted by atomic mass is 32.1. The first-order chi connectivity index (χ1) is 18.1. The predicted octanol–water partition coefficient (Wildman–Crippen LogP) is 5.80. The molecule has 184 valence electrons. The summed E-state index contributed by atoms with van der Waals surface area (Å²) < 4.78 is 10.1. The van der Waals surface area contributed by atoms with Gasteiger partial charge in [-0.3, -0.25) is 4.79 Å². The second-order valence-electron chi connectivity index (χ2n) is 9.03. The number of hydrogen-bond acceptors (Lipinski definition) is 5. The summed E-state index contributed by atoms with van der Waals surface area (Å²) in [5.74, 6) is 0.887. The SMILES string of the molecule is CCCCOc1ccc(-c2nn(-c3ccccc3)cc2/C=c2\sc3nc4ccccc4n3c2=O)cc1C. The van der Waals surface area contributed by atoms with Crippen LogP contribution < -0.4 is 14.8 Å². The molecule has 3 aromatic carbocycles. The number of nitrogens with zero attached hydrogens (tertiary/aromatic N) is 4. The fraction of sp³-hybridized carbons (Fsp3) is 0.167. The van der Waals surface area contributed by atoms with E-state index in [4.69, 9.17) is 9.84 Å². The molecule has 6 aromatic rings. The molecule has 0 unspecified atom stereocenters. The fourth-order valence-corrected chi connectivity index (χ4v) is 5.45. The van der Waals surface area contributed by atoms with Crippen molar-refractivity contribution in [2.24, 2.45) is 0 Å². The number of fused-ring (bicyclic) bond motifs is 3. The topological polar surface area (TPSA) is 61.4 Å². The number of rotatable bonds is 7. The molecule has 0 aliphatic carbocycles. The Morgan fingerprint density at radius 2 is 1.84 bits per heavy atom. The quantitative estimate of drug-likeness (QED) is 0.257. The lowest BCUT2D eigenvalue weighted by Gasteiger charge is -2.10. The first-order valence-corrected chi connectivity index (χ1v) is 13.2. The number of hydrogen-bond donors (Lipinski definition) is 0. The Labute approximate surface area is 218 Å². The largest absolute Gasteiger partial charge is 0.493 e. The van der Waals surface area contributed by atoms with Crippen molar-refractivity contribution in [2.45, 2.75) is 26.7 Å². The van der Waals surface area contributed by atoms with E-state index in [0.29, 0.717) is 16.1 Å². The highest BCUT2D eigenvalue weighted by molar-refractivity contribution is 7.15. The third-order valence-corrected chi connectivity index (χ3v) is 7.37. The minimum Gasteiger partial charge on any atom is -0.493 e. The van der Waals surface area contributed by atoms with Crippen molar-refractivity contribution < 1.29 is 4.74 Å². The van der Waals surface area contributed by atoms with Crippen LogP contribution in [-0.2, 0) is 0 Å². The van der Waals surface area contributed by atoms with Crippen LogP contribution in [0.2, 0.25) is 0 Å². The Hall–Kier alpha value is -4.23. The van der Waals surface area contributed by atoms with Crippen LogP contribution in [0.5, 0.6) is 5.75 Å². The van der Waals surface area contributed by atoms with Crippen molar-refractivity contribution in [3.63, 3.8) is 0 Å². The van der Waals surface area contributed by atoms with E-state index in [1.807, 2.05) is 83.7 Å². The summed E-state index contributed by atoms with van der Waals surface area (Å²) in [7, 11) is 0. The molecule has 0 spiro atoms. The van der Waals surface area contributed by atoms with Crippen molar-refractivity contribution >= 4 is 33.4 Å². The van der Waals surface area contributed by atoms with Crippen molar-refractivity contribution in [1.82, 2.24) is 19.2 Å². The second kappa shape index (κ2) is 9.67. The molecule has 0 bridgehead atoms. The van der Waals surface area contributed by atoms with Crippen LogP contribution in [0, 0.1) is 6.92 Å². The van der Waals surface area contributed by atoms with E-state index in [0.717, 1.165) is 57.7 Å². The van der Waals surface area contributed by atoms with Crippen LogP contribution in [0.15, 0.2) is 83.8 Å². The summed E-state index contributed by atoms with van der Waals surface area (Å²) in [6.45, 7) is 4.92. The molecule has 37 heavy (non-hydrogen) atoms. The van der Waals surface area contributed by atoms with Gasteiger partial charge in [0.05, 0.1) is 27.9 Å². The van der Waals surface area contributed by atoms with Crippen LogP contribution in [0.4, 0.5) is 0 Å². The Morgan fingerprint density at radius 1 is 1.03 bits per heavy atom. The van der Waals surface area contributed by atoms with Gasteiger partial charge in [-0.1, -0.05) is 55.0 Å². The van der Waals surface area contributed by atoms with Crippen LogP contribution in [-0.4, -0.2) is 25.8 Å². The molecule has 6 nitrogen and oxygen atoms in total. The third-order valence-electron chi connectivity index (χ3n) is 6.40. The summed E-state index contributed by atoms with van der Waals surface area (Å²) >= 11 is 1.40. The van der Waals surface area contributed by atoms with E-state index >= 15 is 0 Å². The highest BCUT2D eigenvalue weighted by Crippen LogP contribution is 2.29. The van der Waals surface area contributed by atoms with Crippen LogP contribution in [0.1, 0.15) is 30.9 Å². The van der Waals surface area contributed by atoms with Crippen molar-refractivity contribution in [2.75, 3.05) is 6.61 Å². The van der Waals surface area contributed by atoms with Gasteiger partial charge >= 0.3 is 0 Å². The molecule has 0 saturated heterocycles. The number of imidazole rings is 1. The van der Waals surface area contributed by atoms with Crippen molar-refractivity contribution in [1.29, 1.82) is 0 Å². The van der Waals surface area contributed by atoms with E-state index in [9.17, 15) is 4.79 Å². The van der Waals surface area contributed by atoms with Gasteiger partial charge in [-0.25, -0.2) is 14.1 Å². The Balaban J connectivity index is 1.49. The number of aromatic nitrogens is 4. The van der Waals surface area contributed by atoms with Gasteiger partial charge in [0.25, 0.3) is 5.56 Å². The first kappa shape index (κ1) is 23.2. The van der Waals surface area contributed by atoms with E-state index < -0.39 is 0 Å². The van der Waals surface area contributed by atoms with Crippen molar-refractivity contribution in [3.05, 3.63) is 105 Å². The lowest BCUT2D eigenvalue weighted by atomic mass is 10.0. The van der Waals surface area contributed by atoms with Gasteiger partial charge in [-0.05, 0) is 67.4 Å².